The summed E-state index contributed by atoms with van der Waals surface area (Å²) >= 11 is 0. The fraction of sp³-hybridized carbons (Fsp3) is 0.375. The Morgan fingerprint density at radius 2 is 1.91 bits per heavy atom. The van der Waals surface area contributed by atoms with Gasteiger partial charge in [-0.05, 0) is 49.5 Å². The van der Waals surface area contributed by atoms with Crippen LogP contribution in [0.1, 0.15) is 38.2 Å². The lowest BCUT2D eigenvalue weighted by Crippen LogP contribution is -2.56. The second-order valence-electron chi connectivity index (χ2n) is 5.41. The van der Waals surface area contributed by atoms with Crippen molar-refractivity contribution >= 4 is 36.0 Å². The highest BCUT2D eigenvalue weighted by Gasteiger charge is 2.40. The highest BCUT2D eigenvalue weighted by Crippen LogP contribution is 2.30. The molecule has 0 spiro atoms. The highest BCUT2D eigenvalue weighted by molar-refractivity contribution is 5.98. The summed E-state index contributed by atoms with van der Waals surface area (Å²) in [4.78, 5) is 22.9. The number of benzene rings is 1. The summed E-state index contributed by atoms with van der Waals surface area (Å²) in [6, 6.07) is 7.05. The summed E-state index contributed by atoms with van der Waals surface area (Å²) < 4.78 is 0. The van der Waals surface area contributed by atoms with Gasteiger partial charge in [0.15, 0.2) is 0 Å². The van der Waals surface area contributed by atoms with Crippen LogP contribution in [0.4, 0.5) is 5.69 Å². The van der Waals surface area contributed by atoms with E-state index in [1.54, 1.807) is 37.3 Å². The monoisotopic (exact) mass is 324 g/mol. The number of carboxylic acids is 1. The Morgan fingerprint density at radius 1 is 1.32 bits per heavy atom. The molecule has 5 nitrogen and oxygen atoms in total. The lowest BCUT2D eigenvalue weighted by molar-refractivity contribution is -0.132. The van der Waals surface area contributed by atoms with E-state index in [4.69, 9.17) is 10.8 Å². The number of amides is 1. The van der Waals surface area contributed by atoms with E-state index in [1.165, 1.54) is 0 Å². The zero-order chi connectivity index (χ0) is 15.5. The van der Waals surface area contributed by atoms with Crippen LogP contribution in [0, 0.1) is 0 Å². The number of halogens is 1. The van der Waals surface area contributed by atoms with Crippen molar-refractivity contribution < 1.29 is 14.7 Å². The number of nitrogens with one attached hydrogen (secondary N) is 1. The predicted molar refractivity (Wildman–Crippen MR) is 89.0 cm³/mol. The van der Waals surface area contributed by atoms with Gasteiger partial charge in [-0.15, -0.1) is 12.4 Å². The molecule has 1 aliphatic rings. The van der Waals surface area contributed by atoms with E-state index in [-0.39, 0.29) is 18.3 Å². The number of nitrogens with two attached hydrogens (primary N) is 1. The third-order valence-electron chi connectivity index (χ3n) is 3.86. The molecule has 0 unspecified atom stereocenters. The Balaban J connectivity index is 0.00000242. The largest absolute Gasteiger partial charge is 0.478 e. The van der Waals surface area contributed by atoms with Crippen LogP contribution >= 0.6 is 12.4 Å². The average Bonchev–Trinajstić information content (AvgIpc) is 2.43. The van der Waals surface area contributed by atoms with Crippen molar-refractivity contribution in [3.8, 4) is 0 Å². The fourth-order valence-corrected chi connectivity index (χ4v) is 2.22. The first-order valence-electron chi connectivity index (χ1n) is 7.09. The van der Waals surface area contributed by atoms with Crippen molar-refractivity contribution in [1.29, 1.82) is 0 Å². The van der Waals surface area contributed by atoms with Crippen LogP contribution in [-0.2, 0) is 9.59 Å². The fourth-order valence-electron chi connectivity index (χ4n) is 2.22. The van der Waals surface area contributed by atoms with Gasteiger partial charge < -0.3 is 16.2 Å². The first kappa shape index (κ1) is 18.2. The number of rotatable bonds is 5. The van der Waals surface area contributed by atoms with Crippen LogP contribution < -0.4 is 11.1 Å². The SMILES string of the molecule is CC/C(=C\c1ccc(NC(=O)C2(N)CCC2)cc1)C(=O)O.Cl. The van der Waals surface area contributed by atoms with Gasteiger partial charge in [-0.1, -0.05) is 19.1 Å². The third-order valence-corrected chi connectivity index (χ3v) is 3.86. The van der Waals surface area contributed by atoms with Crippen molar-refractivity contribution in [1.82, 2.24) is 0 Å². The number of carboxylic acid groups (broad SMARTS) is 1. The molecule has 0 atom stereocenters. The van der Waals surface area contributed by atoms with Gasteiger partial charge in [-0.2, -0.15) is 0 Å². The van der Waals surface area contributed by atoms with Gasteiger partial charge in [0.25, 0.3) is 0 Å². The van der Waals surface area contributed by atoms with Crippen molar-refractivity contribution in [3.63, 3.8) is 0 Å². The summed E-state index contributed by atoms with van der Waals surface area (Å²) in [6.45, 7) is 1.80. The molecule has 2 rings (SSSR count). The molecule has 0 bridgehead atoms. The van der Waals surface area contributed by atoms with Gasteiger partial charge in [-0.3, -0.25) is 4.79 Å². The molecule has 1 saturated carbocycles. The zero-order valence-corrected chi connectivity index (χ0v) is 13.3. The van der Waals surface area contributed by atoms with Gasteiger partial charge in [0.1, 0.15) is 0 Å². The van der Waals surface area contributed by atoms with Crippen molar-refractivity contribution in [2.75, 3.05) is 5.32 Å². The Hall–Kier alpha value is -1.85. The average molecular weight is 325 g/mol. The first-order chi connectivity index (χ1) is 9.94. The number of anilines is 1. The van der Waals surface area contributed by atoms with Gasteiger partial charge in [0.2, 0.25) is 5.91 Å². The molecule has 1 aromatic rings. The summed E-state index contributed by atoms with van der Waals surface area (Å²) in [5.41, 5.74) is 7.04. The van der Waals surface area contributed by atoms with E-state index in [0.29, 0.717) is 17.7 Å². The van der Waals surface area contributed by atoms with Crippen LogP contribution in [0.3, 0.4) is 0 Å². The lowest BCUT2D eigenvalue weighted by Gasteiger charge is -2.36. The van der Waals surface area contributed by atoms with E-state index in [2.05, 4.69) is 5.32 Å². The van der Waals surface area contributed by atoms with E-state index in [0.717, 1.165) is 24.8 Å². The van der Waals surface area contributed by atoms with E-state index >= 15 is 0 Å². The minimum absolute atomic E-state index is 0. The van der Waals surface area contributed by atoms with Gasteiger partial charge in [-0.25, -0.2) is 4.79 Å². The maximum atomic E-state index is 12.0. The topological polar surface area (TPSA) is 92.4 Å². The smallest absolute Gasteiger partial charge is 0.331 e. The zero-order valence-electron chi connectivity index (χ0n) is 12.5. The molecule has 0 heterocycles. The van der Waals surface area contributed by atoms with Gasteiger partial charge >= 0.3 is 5.97 Å². The molecule has 1 fully saturated rings. The minimum Gasteiger partial charge on any atom is -0.478 e. The summed E-state index contributed by atoms with van der Waals surface area (Å²) in [7, 11) is 0. The summed E-state index contributed by atoms with van der Waals surface area (Å²) in [5, 5.41) is 11.8. The van der Waals surface area contributed by atoms with Crippen LogP contribution in [0.2, 0.25) is 0 Å². The molecule has 0 aliphatic heterocycles. The molecule has 4 N–H and O–H groups in total. The third kappa shape index (κ3) is 4.08. The Bertz CT molecular complexity index is 578. The molecule has 1 amide bonds. The molecule has 1 aromatic carbocycles. The summed E-state index contributed by atoms with van der Waals surface area (Å²) in [5.74, 6) is -1.07. The van der Waals surface area contributed by atoms with Gasteiger partial charge in [0, 0.05) is 11.3 Å². The van der Waals surface area contributed by atoms with E-state index in [1.807, 2.05) is 0 Å². The first-order valence-corrected chi connectivity index (χ1v) is 7.09. The standard InChI is InChI=1S/C16H20N2O3.ClH/c1-2-12(14(19)20)10-11-4-6-13(7-5-11)18-15(21)16(17)8-3-9-16;/h4-7,10H,2-3,8-9,17H2,1H3,(H,18,21)(H,19,20);1H/b12-10+;. The molecule has 0 radical (unpaired) electrons. The van der Waals surface area contributed by atoms with Crippen LogP contribution in [0.15, 0.2) is 29.8 Å². The van der Waals surface area contributed by atoms with Crippen LogP contribution in [0.25, 0.3) is 6.08 Å². The quantitative estimate of drug-likeness (QED) is 0.726. The molecule has 120 valence electrons. The minimum atomic E-state index is -0.912. The van der Waals surface area contributed by atoms with E-state index < -0.39 is 11.5 Å². The van der Waals surface area contributed by atoms with Gasteiger partial charge in [0.05, 0.1) is 5.54 Å². The highest BCUT2D eigenvalue weighted by atomic mass is 35.5. The molecule has 0 aromatic heterocycles. The number of carbonyl (C=O) groups excluding carboxylic acids is 1. The molecule has 22 heavy (non-hydrogen) atoms. The van der Waals surface area contributed by atoms with Crippen molar-refractivity contribution in [3.05, 3.63) is 35.4 Å². The molecule has 0 saturated heterocycles. The predicted octanol–water partition coefficient (Wildman–Crippen LogP) is 2.81. The van der Waals surface area contributed by atoms with Crippen LogP contribution in [0.5, 0.6) is 0 Å². The van der Waals surface area contributed by atoms with E-state index in [9.17, 15) is 9.59 Å². The maximum absolute atomic E-state index is 12.0. The maximum Gasteiger partial charge on any atom is 0.331 e. The molecular weight excluding hydrogens is 304 g/mol. The normalized spacial score (nSPS) is 16.2. The molecule has 6 heteroatoms. The second-order valence-corrected chi connectivity index (χ2v) is 5.41. The second kappa shape index (κ2) is 7.42. The number of hydrogen-bond donors (Lipinski definition) is 3. The summed E-state index contributed by atoms with van der Waals surface area (Å²) in [6.07, 6.45) is 4.52. The Labute approximate surface area is 136 Å². The number of hydrogen-bond acceptors (Lipinski definition) is 3. The van der Waals surface area contributed by atoms with Crippen LogP contribution in [-0.4, -0.2) is 22.5 Å². The Kier molecular flexibility index (Phi) is 6.14. The number of aliphatic carboxylic acids is 1. The molecule has 1 aliphatic carbocycles. The Morgan fingerprint density at radius 3 is 2.32 bits per heavy atom. The van der Waals surface area contributed by atoms with Crippen molar-refractivity contribution in [2.24, 2.45) is 5.73 Å². The van der Waals surface area contributed by atoms with Crippen molar-refractivity contribution in [2.45, 2.75) is 38.1 Å². The molecular formula is C16H21ClN2O3. The lowest BCUT2D eigenvalue weighted by atomic mass is 9.77. The number of carbonyl (C=O) groups is 2.